The van der Waals surface area contributed by atoms with Gasteiger partial charge in [0.2, 0.25) is 5.78 Å². The molecule has 0 bridgehead atoms. The second-order valence-electron chi connectivity index (χ2n) is 4.41. The molecule has 1 aliphatic rings. The quantitative estimate of drug-likeness (QED) is 0.360. The van der Waals surface area contributed by atoms with Gasteiger partial charge in [-0.2, -0.15) is 0 Å². The van der Waals surface area contributed by atoms with Crippen LogP contribution >= 0.6 is 0 Å². The summed E-state index contributed by atoms with van der Waals surface area (Å²) in [6.07, 6.45) is 3.70. The average Bonchev–Trinajstić information content (AvgIpc) is 2.49. The lowest BCUT2D eigenvalue weighted by molar-refractivity contribution is -0.161. The molecule has 1 saturated heterocycles. The highest BCUT2D eigenvalue weighted by Crippen LogP contribution is 2.13. The van der Waals surface area contributed by atoms with Crippen molar-refractivity contribution >= 4 is 5.78 Å². The predicted molar refractivity (Wildman–Crippen MR) is 72.7 cm³/mol. The minimum absolute atomic E-state index is 0.0830. The molecule has 3 nitrogen and oxygen atoms in total. The summed E-state index contributed by atoms with van der Waals surface area (Å²) in [7, 11) is 0. The fourth-order valence-corrected chi connectivity index (χ4v) is 1.89. The molecule has 0 aromatic heterocycles. The molecule has 1 atom stereocenters. The molecule has 0 amide bonds. The summed E-state index contributed by atoms with van der Waals surface area (Å²) >= 11 is 0. The maximum atomic E-state index is 11.7. The van der Waals surface area contributed by atoms with Gasteiger partial charge in [0.25, 0.3) is 0 Å². The van der Waals surface area contributed by atoms with Crippen LogP contribution in [0.15, 0.2) is 30.3 Å². The fourth-order valence-electron chi connectivity index (χ4n) is 1.89. The van der Waals surface area contributed by atoms with E-state index in [1.54, 1.807) is 12.1 Å². The van der Waals surface area contributed by atoms with Crippen LogP contribution in [-0.2, 0) is 9.47 Å². The van der Waals surface area contributed by atoms with Gasteiger partial charge in [0.15, 0.2) is 6.29 Å². The zero-order valence-electron chi connectivity index (χ0n) is 10.9. The molecule has 1 heterocycles. The van der Waals surface area contributed by atoms with Gasteiger partial charge in [-0.1, -0.05) is 36.3 Å². The van der Waals surface area contributed by atoms with Crippen LogP contribution in [0.1, 0.15) is 36.0 Å². The molecule has 0 saturated carbocycles. The van der Waals surface area contributed by atoms with Gasteiger partial charge in [0, 0.05) is 18.6 Å². The number of hydrogen-bond donors (Lipinski definition) is 0. The summed E-state index contributed by atoms with van der Waals surface area (Å²) in [5.41, 5.74) is 0.631. The summed E-state index contributed by atoms with van der Waals surface area (Å²) < 4.78 is 11.0. The Morgan fingerprint density at radius 2 is 2.16 bits per heavy atom. The summed E-state index contributed by atoms with van der Waals surface area (Å²) in [6.45, 7) is 1.29. The van der Waals surface area contributed by atoms with Crippen LogP contribution in [0.25, 0.3) is 0 Å². The highest BCUT2D eigenvalue weighted by Gasteiger charge is 2.12. The Morgan fingerprint density at radius 1 is 1.32 bits per heavy atom. The second-order valence-corrected chi connectivity index (χ2v) is 4.41. The van der Waals surface area contributed by atoms with Crippen LogP contribution < -0.4 is 0 Å². The monoisotopic (exact) mass is 258 g/mol. The van der Waals surface area contributed by atoms with Crippen LogP contribution in [0.2, 0.25) is 0 Å². The second kappa shape index (κ2) is 7.73. The van der Waals surface area contributed by atoms with Crippen molar-refractivity contribution in [2.45, 2.75) is 32.0 Å². The largest absolute Gasteiger partial charge is 0.353 e. The van der Waals surface area contributed by atoms with Gasteiger partial charge in [0.05, 0.1) is 6.61 Å². The number of ether oxygens (including phenoxy) is 2. The molecule has 1 aliphatic heterocycles. The van der Waals surface area contributed by atoms with Gasteiger partial charge in [0.1, 0.15) is 0 Å². The van der Waals surface area contributed by atoms with Gasteiger partial charge in [-0.15, -0.1) is 0 Å². The van der Waals surface area contributed by atoms with Crippen molar-refractivity contribution in [3.05, 3.63) is 35.9 Å². The lowest BCUT2D eigenvalue weighted by Crippen LogP contribution is -2.22. The van der Waals surface area contributed by atoms with E-state index in [2.05, 4.69) is 11.8 Å². The molecule has 1 unspecified atom stereocenters. The van der Waals surface area contributed by atoms with Gasteiger partial charge >= 0.3 is 0 Å². The molecule has 1 aromatic carbocycles. The van der Waals surface area contributed by atoms with E-state index in [9.17, 15) is 4.79 Å². The molecule has 0 N–H and O–H groups in total. The molecule has 1 aromatic rings. The number of ketones is 1. The van der Waals surface area contributed by atoms with Crippen molar-refractivity contribution in [3.63, 3.8) is 0 Å². The minimum atomic E-state index is -0.144. The Labute approximate surface area is 113 Å². The fraction of sp³-hybridized carbons (Fsp3) is 0.438. The highest BCUT2D eigenvalue weighted by atomic mass is 16.7. The first kappa shape index (κ1) is 13.8. The molecular weight excluding hydrogens is 240 g/mol. The molecule has 19 heavy (non-hydrogen) atoms. The third-order valence-electron chi connectivity index (χ3n) is 2.91. The van der Waals surface area contributed by atoms with Crippen LogP contribution in [0.5, 0.6) is 0 Å². The van der Waals surface area contributed by atoms with Gasteiger partial charge < -0.3 is 9.47 Å². The SMILES string of the molecule is O=C(C#CCCOC1CCCCO1)c1ccccc1. The normalized spacial score (nSPS) is 18.4. The van der Waals surface area contributed by atoms with Crippen molar-refractivity contribution in [2.24, 2.45) is 0 Å². The molecular formula is C16H18O3. The average molecular weight is 258 g/mol. The number of benzene rings is 1. The summed E-state index contributed by atoms with van der Waals surface area (Å²) in [4.78, 5) is 11.7. The Morgan fingerprint density at radius 3 is 2.89 bits per heavy atom. The first-order valence-corrected chi connectivity index (χ1v) is 6.68. The minimum Gasteiger partial charge on any atom is -0.353 e. The maximum absolute atomic E-state index is 11.7. The number of hydrogen-bond acceptors (Lipinski definition) is 3. The van der Waals surface area contributed by atoms with E-state index in [0.717, 1.165) is 25.9 Å². The molecule has 0 aliphatic carbocycles. The summed E-state index contributed by atoms with van der Waals surface area (Å²) in [6, 6.07) is 9.08. The van der Waals surface area contributed by atoms with Crippen molar-refractivity contribution in [1.29, 1.82) is 0 Å². The highest BCUT2D eigenvalue weighted by molar-refractivity contribution is 6.08. The van der Waals surface area contributed by atoms with Crippen molar-refractivity contribution in [3.8, 4) is 11.8 Å². The van der Waals surface area contributed by atoms with Gasteiger partial charge in [-0.05, 0) is 25.2 Å². The van der Waals surface area contributed by atoms with E-state index >= 15 is 0 Å². The van der Waals surface area contributed by atoms with Crippen LogP contribution in [0.4, 0.5) is 0 Å². The predicted octanol–water partition coefficient (Wildman–Crippen LogP) is 2.81. The Hall–Kier alpha value is -1.63. The van der Waals surface area contributed by atoms with Crippen molar-refractivity contribution in [2.75, 3.05) is 13.2 Å². The van der Waals surface area contributed by atoms with Crippen LogP contribution in [0, 0.1) is 11.8 Å². The first-order valence-electron chi connectivity index (χ1n) is 6.68. The Bertz CT molecular complexity index is 450. The Balaban J connectivity index is 1.68. The Kier molecular flexibility index (Phi) is 5.61. The van der Waals surface area contributed by atoms with E-state index in [1.165, 1.54) is 0 Å². The van der Waals surface area contributed by atoms with Gasteiger partial charge in [-0.3, -0.25) is 4.79 Å². The molecule has 2 rings (SSSR count). The number of Topliss-reactive ketones (excluding diaryl/α,β-unsaturated/α-hetero) is 1. The summed E-state index contributed by atoms with van der Waals surface area (Å²) in [5.74, 6) is 5.33. The zero-order valence-corrected chi connectivity index (χ0v) is 10.9. The number of carbonyl (C=O) groups is 1. The smallest absolute Gasteiger partial charge is 0.235 e. The molecule has 0 spiro atoms. The zero-order chi connectivity index (χ0) is 13.3. The number of rotatable bonds is 4. The maximum Gasteiger partial charge on any atom is 0.235 e. The van der Waals surface area contributed by atoms with Crippen molar-refractivity contribution < 1.29 is 14.3 Å². The topological polar surface area (TPSA) is 35.5 Å². The molecule has 100 valence electrons. The van der Waals surface area contributed by atoms with E-state index in [4.69, 9.17) is 9.47 Å². The summed E-state index contributed by atoms with van der Waals surface area (Å²) in [5, 5.41) is 0. The van der Waals surface area contributed by atoms with E-state index in [0.29, 0.717) is 18.6 Å². The molecule has 1 fully saturated rings. The first-order chi connectivity index (χ1) is 9.36. The lowest BCUT2D eigenvalue weighted by atomic mass is 10.1. The van der Waals surface area contributed by atoms with Crippen LogP contribution in [-0.4, -0.2) is 25.3 Å². The van der Waals surface area contributed by atoms with Gasteiger partial charge in [-0.25, -0.2) is 0 Å². The lowest BCUT2D eigenvalue weighted by Gasteiger charge is -2.22. The van der Waals surface area contributed by atoms with Crippen molar-refractivity contribution in [1.82, 2.24) is 0 Å². The van der Waals surface area contributed by atoms with E-state index in [-0.39, 0.29) is 12.1 Å². The van der Waals surface area contributed by atoms with E-state index < -0.39 is 0 Å². The standard InChI is InChI=1S/C16H18O3/c17-15(14-8-2-1-3-9-14)10-4-6-12-18-16-11-5-7-13-19-16/h1-3,8-9,16H,5-7,11-13H2. The molecule has 3 heteroatoms. The van der Waals surface area contributed by atoms with E-state index in [1.807, 2.05) is 18.2 Å². The third kappa shape index (κ3) is 4.86. The molecule has 0 radical (unpaired) electrons. The third-order valence-corrected chi connectivity index (χ3v) is 2.91. The number of carbonyl (C=O) groups excluding carboxylic acids is 1. The van der Waals surface area contributed by atoms with Crippen LogP contribution in [0.3, 0.4) is 0 Å².